The van der Waals surface area contributed by atoms with Gasteiger partial charge in [-0.25, -0.2) is 8.42 Å². The molecule has 1 aromatic carbocycles. The average Bonchev–Trinajstić information content (AvgIpc) is 3.10. The Kier molecular flexibility index (Phi) is 7.18. The number of carbonyl (C=O) groups excluding carboxylic acids is 1. The molecule has 2 aromatic rings. The van der Waals surface area contributed by atoms with E-state index in [1.54, 1.807) is 18.7 Å². The van der Waals surface area contributed by atoms with Crippen molar-refractivity contribution in [2.45, 2.75) is 52.1 Å². The average molecular weight is 449 g/mol. The molecule has 0 saturated carbocycles. The van der Waals surface area contributed by atoms with E-state index in [2.05, 4.69) is 30.8 Å². The molecule has 1 saturated heterocycles. The molecule has 1 fully saturated rings. The molecule has 1 amide bonds. The van der Waals surface area contributed by atoms with Crippen molar-refractivity contribution in [2.24, 2.45) is 0 Å². The highest BCUT2D eigenvalue weighted by atomic mass is 32.2. The first-order valence-electron chi connectivity index (χ1n) is 10.7. The number of piperazine rings is 1. The summed E-state index contributed by atoms with van der Waals surface area (Å²) in [5, 5.41) is 3.75. The number of aromatic nitrogens is 1. The summed E-state index contributed by atoms with van der Waals surface area (Å²) >= 11 is 0. The van der Waals surface area contributed by atoms with Crippen LogP contribution in [0.3, 0.4) is 0 Å². The molecule has 0 aliphatic carbocycles. The SMILES string of the molecule is CCN(Cc1ccc(C(=O)N2CCN(S(=O)(=O)c3c(C)noc3C)CC2)cc1)C(C)C. The third-order valence-corrected chi connectivity index (χ3v) is 7.96. The Hall–Kier alpha value is -2.23. The second-order valence-electron chi connectivity index (χ2n) is 8.20. The van der Waals surface area contributed by atoms with Crippen molar-refractivity contribution in [3.8, 4) is 0 Å². The van der Waals surface area contributed by atoms with Gasteiger partial charge in [-0.05, 0) is 51.9 Å². The molecule has 31 heavy (non-hydrogen) atoms. The number of nitrogens with zero attached hydrogens (tertiary/aromatic N) is 4. The number of hydrogen-bond acceptors (Lipinski definition) is 6. The summed E-state index contributed by atoms with van der Waals surface area (Å²) in [6.45, 7) is 12.7. The van der Waals surface area contributed by atoms with Crippen LogP contribution >= 0.6 is 0 Å². The van der Waals surface area contributed by atoms with E-state index < -0.39 is 10.0 Å². The van der Waals surface area contributed by atoms with Gasteiger partial charge in [-0.1, -0.05) is 24.2 Å². The van der Waals surface area contributed by atoms with Crippen LogP contribution in [-0.4, -0.2) is 72.4 Å². The van der Waals surface area contributed by atoms with E-state index in [0.29, 0.717) is 30.4 Å². The van der Waals surface area contributed by atoms with Gasteiger partial charge in [-0.15, -0.1) is 0 Å². The third kappa shape index (κ3) is 4.99. The van der Waals surface area contributed by atoms with E-state index in [1.165, 1.54) is 9.87 Å². The lowest BCUT2D eigenvalue weighted by Crippen LogP contribution is -2.50. The van der Waals surface area contributed by atoms with Gasteiger partial charge >= 0.3 is 0 Å². The number of rotatable bonds is 7. The lowest BCUT2D eigenvalue weighted by atomic mass is 10.1. The minimum atomic E-state index is -3.69. The summed E-state index contributed by atoms with van der Waals surface area (Å²) in [5.41, 5.74) is 2.15. The van der Waals surface area contributed by atoms with Gasteiger partial charge in [-0.2, -0.15) is 4.31 Å². The lowest BCUT2D eigenvalue weighted by Gasteiger charge is -2.34. The van der Waals surface area contributed by atoms with Crippen LogP contribution in [-0.2, 0) is 16.6 Å². The van der Waals surface area contributed by atoms with Crippen molar-refractivity contribution in [2.75, 3.05) is 32.7 Å². The fraction of sp³-hybridized carbons (Fsp3) is 0.545. The normalized spacial score (nSPS) is 15.8. The molecule has 3 rings (SSSR count). The highest BCUT2D eigenvalue weighted by Crippen LogP contribution is 2.24. The molecule has 2 heterocycles. The first-order valence-corrected chi connectivity index (χ1v) is 12.1. The van der Waals surface area contributed by atoms with Crippen LogP contribution in [0.4, 0.5) is 0 Å². The molecule has 1 aromatic heterocycles. The Bertz CT molecular complexity index is 987. The second kappa shape index (κ2) is 9.50. The van der Waals surface area contributed by atoms with E-state index in [1.807, 2.05) is 24.3 Å². The van der Waals surface area contributed by atoms with E-state index in [4.69, 9.17) is 4.52 Å². The molecule has 0 atom stereocenters. The molecule has 170 valence electrons. The number of amides is 1. The minimum absolute atomic E-state index is 0.0721. The monoisotopic (exact) mass is 448 g/mol. The molecule has 0 radical (unpaired) electrons. The maximum Gasteiger partial charge on any atom is 0.253 e. The molecule has 0 spiro atoms. The third-order valence-electron chi connectivity index (χ3n) is 5.81. The maximum absolute atomic E-state index is 13.0. The zero-order chi connectivity index (χ0) is 22.8. The molecule has 0 N–H and O–H groups in total. The largest absolute Gasteiger partial charge is 0.360 e. The van der Waals surface area contributed by atoms with Gasteiger partial charge < -0.3 is 9.42 Å². The summed E-state index contributed by atoms with van der Waals surface area (Å²) in [4.78, 5) is 17.1. The zero-order valence-corrected chi connectivity index (χ0v) is 19.8. The number of sulfonamides is 1. The summed E-state index contributed by atoms with van der Waals surface area (Å²) < 4.78 is 32.3. The smallest absolute Gasteiger partial charge is 0.253 e. The number of benzene rings is 1. The fourth-order valence-electron chi connectivity index (χ4n) is 3.93. The number of hydrogen-bond donors (Lipinski definition) is 0. The van der Waals surface area contributed by atoms with E-state index in [0.717, 1.165) is 13.1 Å². The van der Waals surface area contributed by atoms with E-state index in [9.17, 15) is 13.2 Å². The molecular weight excluding hydrogens is 416 g/mol. The van der Waals surface area contributed by atoms with Crippen LogP contribution in [0, 0.1) is 13.8 Å². The van der Waals surface area contributed by atoms with E-state index >= 15 is 0 Å². The summed E-state index contributed by atoms with van der Waals surface area (Å²) in [6.07, 6.45) is 0. The van der Waals surface area contributed by atoms with Crippen LogP contribution in [0.15, 0.2) is 33.7 Å². The minimum Gasteiger partial charge on any atom is -0.360 e. The molecule has 0 unspecified atom stereocenters. The van der Waals surface area contributed by atoms with Crippen molar-refractivity contribution in [1.29, 1.82) is 0 Å². The Morgan fingerprint density at radius 2 is 1.74 bits per heavy atom. The van der Waals surface area contributed by atoms with Crippen molar-refractivity contribution >= 4 is 15.9 Å². The van der Waals surface area contributed by atoms with Crippen molar-refractivity contribution < 1.29 is 17.7 Å². The Morgan fingerprint density at radius 1 is 1.13 bits per heavy atom. The van der Waals surface area contributed by atoms with Crippen LogP contribution < -0.4 is 0 Å². The highest BCUT2D eigenvalue weighted by Gasteiger charge is 2.34. The van der Waals surface area contributed by atoms with Crippen molar-refractivity contribution in [1.82, 2.24) is 19.3 Å². The molecule has 8 nitrogen and oxygen atoms in total. The molecular formula is C22H32N4O4S. The van der Waals surface area contributed by atoms with Gasteiger partial charge in [0.05, 0.1) is 0 Å². The first kappa shape index (κ1) is 23.4. The quantitative estimate of drug-likeness (QED) is 0.647. The van der Waals surface area contributed by atoms with Crippen LogP contribution in [0.5, 0.6) is 0 Å². The van der Waals surface area contributed by atoms with Gasteiger partial charge in [0.15, 0.2) is 5.76 Å². The van der Waals surface area contributed by atoms with Crippen LogP contribution in [0.25, 0.3) is 0 Å². The Morgan fingerprint density at radius 3 is 2.23 bits per heavy atom. The van der Waals surface area contributed by atoms with Gasteiger partial charge in [0.25, 0.3) is 5.91 Å². The van der Waals surface area contributed by atoms with Gasteiger partial charge in [-0.3, -0.25) is 9.69 Å². The zero-order valence-electron chi connectivity index (χ0n) is 19.0. The molecule has 0 bridgehead atoms. The molecule has 1 aliphatic rings. The molecule has 9 heteroatoms. The Balaban J connectivity index is 1.63. The van der Waals surface area contributed by atoms with Gasteiger partial charge in [0.1, 0.15) is 10.6 Å². The molecule has 1 aliphatic heterocycles. The standard InChI is InChI=1S/C22H32N4O4S/c1-6-24(16(2)3)15-19-7-9-20(10-8-19)22(27)25-11-13-26(14-12-25)31(28,29)21-17(4)23-30-18(21)5/h7-10,16H,6,11-15H2,1-5H3. The van der Waals surface area contributed by atoms with Gasteiger partial charge in [0, 0.05) is 44.3 Å². The Labute approximate surface area is 184 Å². The number of carbonyl (C=O) groups is 1. The summed E-state index contributed by atoms with van der Waals surface area (Å²) in [6, 6.07) is 8.18. The van der Waals surface area contributed by atoms with Crippen molar-refractivity contribution in [3.05, 3.63) is 46.8 Å². The lowest BCUT2D eigenvalue weighted by molar-refractivity contribution is 0.0697. The highest BCUT2D eigenvalue weighted by molar-refractivity contribution is 7.89. The van der Waals surface area contributed by atoms with Gasteiger partial charge in [0.2, 0.25) is 10.0 Å². The fourth-order valence-corrected chi connectivity index (χ4v) is 5.65. The van der Waals surface area contributed by atoms with Crippen LogP contribution in [0.1, 0.15) is 48.1 Å². The maximum atomic E-state index is 13.0. The second-order valence-corrected chi connectivity index (χ2v) is 10.1. The van der Waals surface area contributed by atoms with Crippen molar-refractivity contribution in [3.63, 3.8) is 0 Å². The summed E-state index contributed by atoms with van der Waals surface area (Å²) in [7, 11) is -3.69. The number of aryl methyl sites for hydroxylation is 2. The topological polar surface area (TPSA) is 87.0 Å². The summed E-state index contributed by atoms with van der Waals surface area (Å²) in [5.74, 6) is 0.215. The van der Waals surface area contributed by atoms with E-state index in [-0.39, 0.29) is 29.7 Å². The predicted molar refractivity (Wildman–Crippen MR) is 118 cm³/mol. The van der Waals surface area contributed by atoms with Crippen LogP contribution in [0.2, 0.25) is 0 Å². The predicted octanol–water partition coefficient (Wildman–Crippen LogP) is 2.67. The first-order chi connectivity index (χ1) is 14.6.